The topological polar surface area (TPSA) is 56.0 Å². The van der Waals surface area contributed by atoms with Crippen molar-refractivity contribution in [2.24, 2.45) is 0 Å². The number of nitro groups is 1. The fourth-order valence-electron chi connectivity index (χ4n) is 2.30. The van der Waals surface area contributed by atoms with Crippen LogP contribution in [0.2, 0.25) is 0 Å². The first kappa shape index (κ1) is 13.9. The standard InChI is InChI=1S/C14H15BrN2O2/c1-3-13(15)9(2)10-4-5-14(17(18)19)12-8-16-7-6-11(10)12/h4-9,13H,3H2,1-2H3. The van der Waals surface area contributed by atoms with Crippen LogP contribution in [0.15, 0.2) is 30.6 Å². The van der Waals surface area contributed by atoms with Gasteiger partial charge >= 0.3 is 0 Å². The molecule has 0 aliphatic carbocycles. The van der Waals surface area contributed by atoms with Crippen molar-refractivity contribution in [3.63, 3.8) is 0 Å². The molecule has 0 saturated heterocycles. The molecule has 0 spiro atoms. The average molecular weight is 323 g/mol. The van der Waals surface area contributed by atoms with Crippen LogP contribution in [0.5, 0.6) is 0 Å². The molecule has 2 unspecified atom stereocenters. The van der Waals surface area contributed by atoms with Gasteiger partial charge in [-0.15, -0.1) is 0 Å². The highest BCUT2D eigenvalue weighted by molar-refractivity contribution is 9.09. The van der Waals surface area contributed by atoms with Gasteiger partial charge in [-0.05, 0) is 29.4 Å². The molecule has 100 valence electrons. The SMILES string of the molecule is CCC(Br)C(C)c1ccc([N+](=O)[O-])c2cnccc12. The maximum absolute atomic E-state index is 11.1. The Hall–Kier alpha value is -1.49. The Balaban J connectivity index is 2.65. The number of nitrogens with zero attached hydrogens (tertiary/aromatic N) is 2. The molecule has 5 heteroatoms. The summed E-state index contributed by atoms with van der Waals surface area (Å²) in [7, 11) is 0. The first-order valence-electron chi connectivity index (χ1n) is 6.21. The lowest BCUT2D eigenvalue weighted by Crippen LogP contribution is -2.08. The Labute approximate surface area is 120 Å². The average Bonchev–Trinajstić information content (AvgIpc) is 2.44. The molecule has 2 atom stereocenters. The molecule has 2 rings (SSSR count). The number of hydrogen-bond donors (Lipinski definition) is 0. The second-order valence-electron chi connectivity index (χ2n) is 4.57. The number of aromatic nitrogens is 1. The van der Waals surface area contributed by atoms with Crippen LogP contribution in [0, 0.1) is 10.1 Å². The Kier molecular flexibility index (Phi) is 4.14. The van der Waals surface area contributed by atoms with Gasteiger partial charge in [-0.25, -0.2) is 0 Å². The smallest absolute Gasteiger partial charge is 0.264 e. The molecule has 19 heavy (non-hydrogen) atoms. The number of pyridine rings is 1. The third kappa shape index (κ3) is 2.61. The van der Waals surface area contributed by atoms with E-state index in [0.29, 0.717) is 10.2 Å². The van der Waals surface area contributed by atoms with Crippen LogP contribution >= 0.6 is 15.9 Å². The van der Waals surface area contributed by atoms with Gasteiger partial charge in [0.05, 0.1) is 10.3 Å². The van der Waals surface area contributed by atoms with Gasteiger partial charge < -0.3 is 0 Å². The molecule has 1 aromatic heterocycles. The molecule has 0 bridgehead atoms. The Morgan fingerprint density at radius 1 is 1.37 bits per heavy atom. The summed E-state index contributed by atoms with van der Waals surface area (Å²) >= 11 is 3.66. The summed E-state index contributed by atoms with van der Waals surface area (Å²) in [5.74, 6) is 0.288. The summed E-state index contributed by atoms with van der Waals surface area (Å²) in [6.45, 7) is 4.25. The summed E-state index contributed by atoms with van der Waals surface area (Å²) in [4.78, 5) is 15.1. The zero-order valence-electron chi connectivity index (χ0n) is 10.8. The fourth-order valence-corrected chi connectivity index (χ4v) is 2.59. The van der Waals surface area contributed by atoms with Gasteiger partial charge in [-0.1, -0.05) is 35.8 Å². The number of alkyl halides is 1. The molecule has 0 amide bonds. The third-order valence-corrected chi connectivity index (χ3v) is 4.89. The van der Waals surface area contributed by atoms with Crippen LogP contribution in [-0.2, 0) is 0 Å². The molecule has 0 fully saturated rings. The molecular weight excluding hydrogens is 308 g/mol. The lowest BCUT2D eigenvalue weighted by atomic mass is 9.91. The van der Waals surface area contributed by atoms with Crippen molar-refractivity contribution in [2.45, 2.75) is 31.0 Å². The van der Waals surface area contributed by atoms with Crippen molar-refractivity contribution in [3.05, 3.63) is 46.3 Å². The van der Waals surface area contributed by atoms with Crippen LogP contribution in [0.3, 0.4) is 0 Å². The van der Waals surface area contributed by atoms with Crippen molar-refractivity contribution >= 4 is 32.4 Å². The van der Waals surface area contributed by atoms with Crippen LogP contribution in [0.4, 0.5) is 5.69 Å². The first-order chi connectivity index (χ1) is 9.06. The minimum absolute atomic E-state index is 0.113. The lowest BCUT2D eigenvalue weighted by molar-refractivity contribution is -0.383. The number of hydrogen-bond acceptors (Lipinski definition) is 3. The van der Waals surface area contributed by atoms with E-state index in [9.17, 15) is 10.1 Å². The molecule has 2 aromatic rings. The molecule has 0 aliphatic rings. The van der Waals surface area contributed by atoms with E-state index >= 15 is 0 Å². The van der Waals surface area contributed by atoms with Crippen molar-refractivity contribution in [2.75, 3.05) is 0 Å². The predicted octanol–water partition coefficient (Wildman–Crippen LogP) is 4.42. The number of nitro benzene ring substituents is 1. The van der Waals surface area contributed by atoms with Crippen LogP contribution in [0.1, 0.15) is 31.7 Å². The molecule has 0 aliphatic heterocycles. The highest BCUT2D eigenvalue weighted by Gasteiger charge is 2.20. The van der Waals surface area contributed by atoms with E-state index in [4.69, 9.17) is 0 Å². The van der Waals surface area contributed by atoms with Gasteiger partial charge in [0, 0.05) is 23.3 Å². The minimum Gasteiger partial charge on any atom is -0.264 e. The predicted molar refractivity (Wildman–Crippen MR) is 79.8 cm³/mol. The monoisotopic (exact) mass is 322 g/mol. The van der Waals surface area contributed by atoms with E-state index in [-0.39, 0.29) is 16.5 Å². The number of fused-ring (bicyclic) bond motifs is 1. The molecular formula is C14H15BrN2O2. The van der Waals surface area contributed by atoms with Gasteiger partial charge in [-0.2, -0.15) is 0 Å². The van der Waals surface area contributed by atoms with E-state index in [2.05, 4.69) is 34.8 Å². The molecule has 1 heterocycles. The van der Waals surface area contributed by atoms with E-state index in [1.165, 1.54) is 0 Å². The number of rotatable bonds is 4. The lowest BCUT2D eigenvalue weighted by Gasteiger charge is -2.19. The van der Waals surface area contributed by atoms with E-state index in [1.54, 1.807) is 18.5 Å². The number of benzene rings is 1. The van der Waals surface area contributed by atoms with E-state index < -0.39 is 0 Å². The van der Waals surface area contributed by atoms with Gasteiger partial charge in [0.1, 0.15) is 0 Å². The Bertz CT molecular complexity index is 615. The third-order valence-electron chi connectivity index (χ3n) is 3.45. The molecule has 0 radical (unpaired) electrons. The Morgan fingerprint density at radius 2 is 2.11 bits per heavy atom. The van der Waals surface area contributed by atoms with Gasteiger partial charge in [-0.3, -0.25) is 15.1 Å². The quantitative estimate of drug-likeness (QED) is 0.475. The second-order valence-corrected chi connectivity index (χ2v) is 5.74. The van der Waals surface area contributed by atoms with Gasteiger partial charge in [0.2, 0.25) is 0 Å². The summed E-state index contributed by atoms with van der Waals surface area (Å²) in [5, 5.41) is 12.6. The highest BCUT2D eigenvalue weighted by Crippen LogP contribution is 2.35. The first-order valence-corrected chi connectivity index (χ1v) is 7.13. The van der Waals surface area contributed by atoms with Crippen LogP contribution < -0.4 is 0 Å². The Morgan fingerprint density at radius 3 is 2.74 bits per heavy atom. The number of halogens is 1. The summed E-state index contributed by atoms with van der Waals surface area (Å²) < 4.78 is 0. The number of non-ortho nitro benzene ring substituents is 1. The van der Waals surface area contributed by atoms with Crippen LogP contribution in [0.25, 0.3) is 10.8 Å². The maximum atomic E-state index is 11.1. The molecule has 1 aromatic carbocycles. The zero-order valence-corrected chi connectivity index (χ0v) is 12.4. The van der Waals surface area contributed by atoms with Crippen molar-refractivity contribution in [1.29, 1.82) is 0 Å². The summed E-state index contributed by atoms with van der Waals surface area (Å²) in [5.41, 5.74) is 1.23. The second kappa shape index (κ2) is 5.65. The van der Waals surface area contributed by atoms with Crippen molar-refractivity contribution < 1.29 is 4.92 Å². The van der Waals surface area contributed by atoms with Crippen molar-refractivity contribution in [1.82, 2.24) is 4.98 Å². The van der Waals surface area contributed by atoms with Crippen molar-refractivity contribution in [3.8, 4) is 0 Å². The maximum Gasteiger partial charge on any atom is 0.278 e. The van der Waals surface area contributed by atoms with Crippen LogP contribution in [-0.4, -0.2) is 14.7 Å². The highest BCUT2D eigenvalue weighted by atomic mass is 79.9. The van der Waals surface area contributed by atoms with Gasteiger partial charge in [0.25, 0.3) is 5.69 Å². The molecule has 4 nitrogen and oxygen atoms in total. The largest absolute Gasteiger partial charge is 0.278 e. The minimum atomic E-state index is -0.357. The molecule has 0 N–H and O–H groups in total. The fraction of sp³-hybridized carbons (Fsp3) is 0.357. The zero-order chi connectivity index (χ0) is 14.0. The normalized spacial score (nSPS) is 14.3. The summed E-state index contributed by atoms with van der Waals surface area (Å²) in [6, 6.07) is 5.28. The molecule has 0 saturated carbocycles. The van der Waals surface area contributed by atoms with Gasteiger partial charge in [0.15, 0.2) is 0 Å². The van der Waals surface area contributed by atoms with E-state index in [1.807, 2.05) is 12.1 Å². The summed E-state index contributed by atoms with van der Waals surface area (Å²) in [6.07, 6.45) is 4.25. The van der Waals surface area contributed by atoms with E-state index in [0.717, 1.165) is 17.4 Å².